The van der Waals surface area contributed by atoms with Crippen LogP contribution in [0.1, 0.15) is 187 Å². The number of aromatic nitrogens is 15. The third-order valence-electron chi connectivity index (χ3n) is 22.4. The molecule has 0 N–H and O–H groups in total. The van der Waals surface area contributed by atoms with E-state index in [2.05, 4.69) is 273 Å². The summed E-state index contributed by atoms with van der Waals surface area (Å²) in [6.07, 6.45) is 1.79. The minimum absolute atomic E-state index is 0.0179. The zero-order chi connectivity index (χ0) is 111. The van der Waals surface area contributed by atoms with E-state index in [1.165, 1.54) is 28.5 Å². The van der Waals surface area contributed by atoms with Crippen molar-refractivity contribution in [3.63, 3.8) is 0 Å². The second-order valence-electron chi connectivity index (χ2n) is 39.4. The standard InChI is InChI=1S/2C24H22N2.2C20H21N3.C20H20N2.C18H17N3/c1-24(2,3)22-16-21(25-23(26-22)18-11-5-4-6-12-18)20-15-9-13-17-10-7-8-14-19(17)20;1-24(2,3)22-16-21(25-23(26-22)18-10-5-4-6-11-18)20-14-13-17-9-7-8-12-19(17)15-20;2*1-14-10-12-16(13-11-14)18-21-17(15-8-6-5-7-9-15)22-19(23-18)20(2,3)4;1-20(2,3)18-14-17(15-10-6-4-7-11-15)21-19(22-18)16-12-8-5-9-13-16;1-13(2)16-12-17(15-10-6-7-11-19-15)21-18(20-16)14-8-4-3-5-9-14/h2*4-16H,1-3H3;2*5-13H,1-4H3;4-14H,1-3H3;3-13H,1-2H3/i;;5D,6D,7D,8D,9D,10D,11D,12D,13D;10D,11D,12D,13D;;. The molecule has 0 aliphatic rings. The summed E-state index contributed by atoms with van der Waals surface area (Å²) in [6, 6.07) is 100. The van der Waals surface area contributed by atoms with Crippen LogP contribution in [-0.2, 0) is 27.1 Å². The molecule has 15 heteroatoms. The minimum Gasteiger partial charge on any atom is -0.255 e. The zero-order valence-corrected chi connectivity index (χ0v) is 83.3. The van der Waals surface area contributed by atoms with E-state index < -0.39 is 35.6 Å². The van der Waals surface area contributed by atoms with Crippen LogP contribution < -0.4 is 0 Å². The Morgan fingerprint density at radius 1 is 0.220 bits per heavy atom. The molecule has 141 heavy (non-hydrogen) atoms. The number of hydrogen-bond acceptors (Lipinski definition) is 15. The lowest BCUT2D eigenvalue weighted by molar-refractivity contribution is 0.543. The Kier molecular flexibility index (Phi) is 26.2. The molecule has 0 aliphatic heterocycles. The average Bonchev–Trinajstić information content (AvgIpc) is 0.747. The first-order valence-corrected chi connectivity index (χ1v) is 47.1. The van der Waals surface area contributed by atoms with E-state index in [1.807, 2.05) is 199 Å². The smallest absolute Gasteiger partial charge is 0.163 e. The minimum atomic E-state index is -0.650. The third-order valence-corrected chi connectivity index (χ3v) is 22.4. The third kappa shape index (κ3) is 26.6. The quantitative estimate of drug-likeness (QED) is 0.106. The van der Waals surface area contributed by atoms with Crippen LogP contribution >= 0.6 is 0 Å². The molecule has 0 amide bonds. The maximum atomic E-state index is 8.34. The molecule has 0 fully saturated rings. The van der Waals surface area contributed by atoms with Crippen molar-refractivity contribution in [3.8, 4) is 136 Å². The number of nitrogens with zero attached hydrogens (tertiary/aromatic N) is 15. The average molecular weight is 1860 g/mol. The fourth-order valence-electron chi connectivity index (χ4n) is 14.4. The lowest BCUT2D eigenvalue weighted by Gasteiger charge is -2.20. The van der Waals surface area contributed by atoms with Crippen molar-refractivity contribution >= 4 is 21.5 Å². The van der Waals surface area contributed by atoms with Crippen LogP contribution in [0.25, 0.3) is 158 Å². The monoisotopic (exact) mass is 1860 g/mol. The van der Waals surface area contributed by atoms with Gasteiger partial charge in [-0.25, -0.2) is 69.8 Å². The van der Waals surface area contributed by atoms with E-state index in [0.717, 1.165) is 119 Å². The van der Waals surface area contributed by atoms with Gasteiger partial charge in [-0.15, -0.1) is 0 Å². The summed E-state index contributed by atoms with van der Waals surface area (Å²) in [5.41, 5.74) is 16.3. The number of pyridine rings is 1. The van der Waals surface area contributed by atoms with E-state index in [4.69, 9.17) is 47.7 Å². The maximum Gasteiger partial charge on any atom is 0.163 e. The van der Waals surface area contributed by atoms with Crippen LogP contribution in [0.2, 0.25) is 0 Å². The van der Waals surface area contributed by atoms with E-state index in [0.29, 0.717) is 23.1 Å². The highest BCUT2D eigenvalue weighted by molar-refractivity contribution is 5.96. The number of fused-ring (bicyclic) bond motifs is 2. The molecule has 7 aromatic heterocycles. The molecule has 13 aromatic carbocycles. The first-order valence-electron chi connectivity index (χ1n) is 53.6. The highest BCUT2D eigenvalue weighted by atomic mass is 15.1. The van der Waals surface area contributed by atoms with Crippen LogP contribution in [0.4, 0.5) is 0 Å². The molecule has 0 radical (unpaired) electrons. The largest absolute Gasteiger partial charge is 0.255 e. The summed E-state index contributed by atoms with van der Waals surface area (Å²) in [4.78, 5) is 69.4. The molecule has 7 heterocycles. The first-order chi connectivity index (χ1) is 73.1. The molecular weight excluding hydrogens is 1720 g/mol. The molecule has 0 atom stereocenters. The van der Waals surface area contributed by atoms with E-state index in [9.17, 15) is 0 Å². The Bertz CT molecular complexity index is 8120. The normalized spacial score (nSPS) is 12.7. The van der Waals surface area contributed by atoms with Crippen molar-refractivity contribution in [1.82, 2.24) is 74.8 Å². The molecule has 0 unspecified atom stereocenters. The summed E-state index contributed by atoms with van der Waals surface area (Å²) in [7, 11) is 0. The van der Waals surface area contributed by atoms with E-state index in [-0.39, 0.29) is 116 Å². The van der Waals surface area contributed by atoms with Gasteiger partial charge in [0.15, 0.2) is 46.6 Å². The van der Waals surface area contributed by atoms with Crippen molar-refractivity contribution in [2.45, 2.75) is 165 Å². The van der Waals surface area contributed by atoms with Gasteiger partial charge < -0.3 is 0 Å². The zero-order valence-electron chi connectivity index (χ0n) is 96.3. The van der Waals surface area contributed by atoms with Crippen molar-refractivity contribution in [3.05, 3.63) is 440 Å². The van der Waals surface area contributed by atoms with Crippen LogP contribution in [0.5, 0.6) is 0 Å². The summed E-state index contributed by atoms with van der Waals surface area (Å²) in [6.45, 7) is 38.4. The summed E-state index contributed by atoms with van der Waals surface area (Å²) in [5.74, 6) is 4.42. The second-order valence-corrected chi connectivity index (χ2v) is 39.4. The Morgan fingerprint density at radius 3 is 0.957 bits per heavy atom. The lowest BCUT2D eigenvalue weighted by atomic mass is 9.90. The molecule has 702 valence electrons. The highest BCUT2D eigenvalue weighted by Gasteiger charge is 2.27. The fourth-order valence-corrected chi connectivity index (χ4v) is 14.4. The van der Waals surface area contributed by atoms with Crippen LogP contribution in [-0.4, -0.2) is 74.8 Å². The molecule has 0 spiro atoms. The number of rotatable bonds is 13. The molecule has 15 nitrogen and oxygen atoms in total. The molecule has 20 rings (SSSR count). The van der Waals surface area contributed by atoms with Crippen molar-refractivity contribution < 1.29 is 17.8 Å². The van der Waals surface area contributed by atoms with Gasteiger partial charge in [-0.1, -0.05) is 474 Å². The molecule has 0 bridgehead atoms. The van der Waals surface area contributed by atoms with Gasteiger partial charge in [0.1, 0.15) is 11.6 Å². The molecule has 0 aliphatic carbocycles. The Balaban J connectivity index is 0.000000138. The van der Waals surface area contributed by atoms with Crippen LogP contribution in [0.3, 0.4) is 0 Å². The molecule has 20 aromatic rings. The van der Waals surface area contributed by atoms with Gasteiger partial charge in [-0.05, 0) is 83.8 Å². The first kappa shape index (κ1) is 83.1. The van der Waals surface area contributed by atoms with Crippen LogP contribution in [0.15, 0.2) is 394 Å². The van der Waals surface area contributed by atoms with Gasteiger partial charge in [0, 0.05) is 100 Å². The van der Waals surface area contributed by atoms with Gasteiger partial charge in [-0.3, -0.25) is 4.98 Å². The number of benzene rings is 13. The van der Waals surface area contributed by atoms with Gasteiger partial charge in [-0.2, -0.15) is 0 Å². The van der Waals surface area contributed by atoms with Gasteiger partial charge >= 0.3 is 0 Å². The highest BCUT2D eigenvalue weighted by Crippen LogP contribution is 2.37. The van der Waals surface area contributed by atoms with Gasteiger partial charge in [0.25, 0.3) is 0 Å². The topological polar surface area (TPSA) is 193 Å². The summed E-state index contributed by atoms with van der Waals surface area (Å²) in [5, 5.41) is 4.90. The lowest BCUT2D eigenvalue weighted by Crippen LogP contribution is -2.18. The van der Waals surface area contributed by atoms with Crippen molar-refractivity contribution in [1.29, 1.82) is 0 Å². The van der Waals surface area contributed by atoms with Crippen LogP contribution in [0, 0.1) is 13.8 Å². The SMILES string of the molecule is CC(C)(C)c1cc(-c2ccc3ccccc3c2)nc(-c2ccccc2)n1.CC(C)(C)c1cc(-c2cccc3ccccc23)nc(-c2ccccc2)n1.CC(C)(C)c1cc(-c2ccccc2)nc(-c2ccccc2)n1.CC(C)c1cc(-c2ccccn2)nc(-c2ccccc2)n1.[2H]c1c([2H])c(-c2nc(-c3ccccc3)nc(C(C)(C)C)n2)c([2H])c([2H])c1C.[2H]c1c([2H])c([2H])c(-c2nc(-c3c([2H])c([2H])c(C)c([2H])c3[2H])nc(C(C)(C)C)n2)c([2H])c1[2H]. The van der Waals surface area contributed by atoms with E-state index >= 15 is 0 Å². The van der Waals surface area contributed by atoms with Gasteiger partial charge in [0.05, 0.1) is 63.4 Å². The second kappa shape index (κ2) is 44.6. The fraction of sp³-hybridized carbons (Fsp3) is 0.198. The predicted octanol–water partition coefficient (Wildman–Crippen LogP) is 31.6. The molecular formula is C126H123N15. The van der Waals surface area contributed by atoms with Gasteiger partial charge in [0.2, 0.25) is 0 Å². The summed E-state index contributed by atoms with van der Waals surface area (Å²) >= 11 is 0. The maximum absolute atomic E-state index is 8.34. The van der Waals surface area contributed by atoms with Crippen molar-refractivity contribution in [2.24, 2.45) is 0 Å². The molecule has 0 saturated carbocycles. The number of hydrogen-bond donors (Lipinski definition) is 0. The Labute approximate surface area is 849 Å². The Hall–Kier alpha value is -16.1. The summed E-state index contributed by atoms with van der Waals surface area (Å²) < 4.78 is 106. The van der Waals surface area contributed by atoms with E-state index in [1.54, 1.807) is 13.1 Å². The molecule has 0 saturated heterocycles. The Morgan fingerprint density at radius 2 is 0.553 bits per heavy atom. The van der Waals surface area contributed by atoms with Crippen molar-refractivity contribution in [2.75, 3.05) is 0 Å². The predicted molar refractivity (Wildman–Crippen MR) is 583 cm³/mol.